The Labute approximate surface area is 160 Å². The van der Waals surface area contributed by atoms with Gasteiger partial charge in [0, 0.05) is 26.0 Å². The lowest BCUT2D eigenvalue weighted by Crippen LogP contribution is -2.30. The van der Waals surface area contributed by atoms with E-state index in [0.717, 1.165) is 5.56 Å². The molecule has 4 rings (SSSR count). The summed E-state index contributed by atoms with van der Waals surface area (Å²) in [5.74, 6) is 0.351. The van der Waals surface area contributed by atoms with Crippen molar-refractivity contribution in [2.75, 3.05) is 23.4 Å². The molecular weight excluding hydrogens is 368 g/mol. The van der Waals surface area contributed by atoms with Crippen LogP contribution >= 0.6 is 11.6 Å². The van der Waals surface area contributed by atoms with Crippen molar-refractivity contribution in [3.05, 3.63) is 46.2 Å². The van der Waals surface area contributed by atoms with Gasteiger partial charge >= 0.3 is 0 Å². The number of pyridine rings is 2. The number of likely N-dealkylation sites (N-methyl/N-ethyl adjacent to an activating group) is 2. The van der Waals surface area contributed by atoms with Crippen molar-refractivity contribution in [1.82, 2.24) is 9.97 Å². The Balaban J connectivity index is 1.84. The molecule has 136 valence electrons. The summed E-state index contributed by atoms with van der Waals surface area (Å²) in [4.78, 5) is 36.6. The van der Waals surface area contributed by atoms with Crippen LogP contribution in [0.15, 0.2) is 34.7 Å². The van der Waals surface area contributed by atoms with E-state index in [0.29, 0.717) is 34.3 Å². The SMILES string of the molecule is CCN1C(=O)/C(=N\N=C2/C(=O)N(C)c3ncc(Cl)cc32)c2cc(C)cnc21. The molecule has 0 N–H and O–H groups in total. The van der Waals surface area contributed by atoms with Gasteiger partial charge in [-0.2, -0.15) is 0 Å². The molecule has 0 atom stereocenters. The van der Waals surface area contributed by atoms with E-state index in [1.807, 2.05) is 19.9 Å². The summed E-state index contributed by atoms with van der Waals surface area (Å²) < 4.78 is 0. The monoisotopic (exact) mass is 382 g/mol. The fraction of sp³-hybridized carbons (Fsp3) is 0.222. The van der Waals surface area contributed by atoms with Crippen LogP contribution in [0.4, 0.5) is 11.6 Å². The van der Waals surface area contributed by atoms with E-state index >= 15 is 0 Å². The second-order valence-corrected chi connectivity index (χ2v) is 6.66. The molecule has 4 heterocycles. The molecule has 27 heavy (non-hydrogen) atoms. The minimum Gasteiger partial charge on any atom is -0.294 e. The maximum absolute atomic E-state index is 12.7. The topological polar surface area (TPSA) is 91.1 Å². The number of amides is 2. The van der Waals surface area contributed by atoms with Gasteiger partial charge in [0.15, 0.2) is 11.4 Å². The number of carbonyl (C=O) groups excluding carboxylic acids is 2. The van der Waals surface area contributed by atoms with Crippen molar-refractivity contribution in [1.29, 1.82) is 0 Å². The zero-order valence-corrected chi connectivity index (χ0v) is 15.7. The quantitative estimate of drug-likeness (QED) is 0.742. The third kappa shape index (κ3) is 2.60. The van der Waals surface area contributed by atoms with Crippen LogP contribution in [-0.2, 0) is 9.59 Å². The number of anilines is 2. The lowest BCUT2D eigenvalue weighted by atomic mass is 10.1. The Morgan fingerprint density at radius 3 is 2.33 bits per heavy atom. The van der Waals surface area contributed by atoms with E-state index in [4.69, 9.17) is 11.6 Å². The van der Waals surface area contributed by atoms with Gasteiger partial charge in [0.1, 0.15) is 11.6 Å². The van der Waals surface area contributed by atoms with Crippen LogP contribution in [0.2, 0.25) is 5.02 Å². The van der Waals surface area contributed by atoms with Gasteiger partial charge in [-0.3, -0.25) is 19.4 Å². The Hall–Kier alpha value is -3.13. The second-order valence-electron chi connectivity index (χ2n) is 6.22. The summed E-state index contributed by atoms with van der Waals surface area (Å²) >= 11 is 6.00. The molecule has 0 saturated carbocycles. The van der Waals surface area contributed by atoms with Gasteiger partial charge in [0.2, 0.25) is 0 Å². The molecule has 0 fully saturated rings. The molecule has 0 radical (unpaired) electrons. The molecule has 0 saturated heterocycles. The lowest BCUT2D eigenvalue weighted by molar-refractivity contribution is -0.113. The van der Waals surface area contributed by atoms with Gasteiger partial charge < -0.3 is 0 Å². The largest absolute Gasteiger partial charge is 0.294 e. The lowest BCUT2D eigenvalue weighted by Gasteiger charge is -2.11. The Kier molecular flexibility index (Phi) is 4.00. The Bertz CT molecular complexity index is 1060. The first-order valence-electron chi connectivity index (χ1n) is 8.31. The van der Waals surface area contributed by atoms with Gasteiger partial charge in [-0.15, -0.1) is 10.2 Å². The number of aryl methyl sites for hydroxylation is 1. The fourth-order valence-electron chi connectivity index (χ4n) is 3.12. The van der Waals surface area contributed by atoms with Crippen molar-refractivity contribution in [2.45, 2.75) is 13.8 Å². The number of nitrogens with zero attached hydrogens (tertiary/aromatic N) is 6. The number of halogens is 1. The molecule has 0 bridgehead atoms. The van der Waals surface area contributed by atoms with Crippen molar-refractivity contribution >= 4 is 46.5 Å². The van der Waals surface area contributed by atoms with Crippen LogP contribution in [0.1, 0.15) is 23.6 Å². The third-order valence-electron chi connectivity index (χ3n) is 4.44. The van der Waals surface area contributed by atoms with Gasteiger partial charge in [-0.25, -0.2) is 9.97 Å². The molecule has 2 amide bonds. The van der Waals surface area contributed by atoms with Crippen LogP contribution in [0.5, 0.6) is 0 Å². The van der Waals surface area contributed by atoms with Crippen LogP contribution < -0.4 is 9.80 Å². The average Bonchev–Trinajstić information content (AvgIpc) is 3.04. The number of rotatable bonds is 2. The predicted octanol–water partition coefficient (Wildman–Crippen LogP) is 1.97. The predicted molar refractivity (Wildman–Crippen MR) is 103 cm³/mol. The highest BCUT2D eigenvalue weighted by Crippen LogP contribution is 2.30. The minimum absolute atomic E-state index is 0.0971. The van der Waals surface area contributed by atoms with Crippen LogP contribution in [0, 0.1) is 6.92 Å². The van der Waals surface area contributed by atoms with Crippen molar-refractivity contribution in [3.63, 3.8) is 0 Å². The zero-order valence-electron chi connectivity index (χ0n) is 14.9. The molecule has 2 aliphatic heterocycles. The van der Waals surface area contributed by atoms with Crippen molar-refractivity contribution < 1.29 is 9.59 Å². The summed E-state index contributed by atoms with van der Waals surface area (Å²) in [6.07, 6.45) is 3.16. The molecule has 2 aliphatic rings. The number of hydrogen-bond donors (Lipinski definition) is 0. The highest BCUT2D eigenvalue weighted by atomic mass is 35.5. The van der Waals surface area contributed by atoms with Crippen molar-refractivity contribution in [2.24, 2.45) is 10.2 Å². The second kappa shape index (κ2) is 6.24. The molecule has 2 aromatic rings. The molecule has 2 aromatic heterocycles. The number of carbonyl (C=O) groups is 2. The summed E-state index contributed by atoms with van der Waals surface area (Å²) in [6.45, 7) is 4.20. The Morgan fingerprint density at radius 1 is 1.00 bits per heavy atom. The van der Waals surface area contributed by atoms with E-state index in [1.54, 1.807) is 19.3 Å². The molecule has 0 aromatic carbocycles. The zero-order chi connectivity index (χ0) is 19.3. The first-order chi connectivity index (χ1) is 12.9. The molecule has 8 nitrogen and oxygen atoms in total. The van der Waals surface area contributed by atoms with E-state index in [2.05, 4.69) is 20.2 Å². The third-order valence-corrected chi connectivity index (χ3v) is 4.65. The molecule has 0 spiro atoms. The van der Waals surface area contributed by atoms with Crippen LogP contribution in [0.3, 0.4) is 0 Å². The van der Waals surface area contributed by atoms with E-state index < -0.39 is 0 Å². The summed E-state index contributed by atoms with van der Waals surface area (Å²) in [7, 11) is 1.60. The number of hydrogen-bond acceptors (Lipinski definition) is 6. The van der Waals surface area contributed by atoms with Crippen LogP contribution in [0.25, 0.3) is 0 Å². The van der Waals surface area contributed by atoms with E-state index in [9.17, 15) is 9.59 Å². The average molecular weight is 383 g/mol. The van der Waals surface area contributed by atoms with Crippen molar-refractivity contribution in [3.8, 4) is 0 Å². The number of aromatic nitrogens is 2. The summed E-state index contributed by atoms with van der Waals surface area (Å²) in [5, 5.41) is 8.63. The first-order valence-corrected chi connectivity index (χ1v) is 8.68. The molecular formula is C18H15ClN6O2. The standard InChI is InChI=1S/C18H15ClN6O2/c1-4-25-16-11(5-9(2)7-20-16)14(18(25)27)23-22-13-12-6-10(19)8-21-15(12)24(3)17(13)26/h5-8H,4H2,1-3H3/b22-13-,23-14-. The van der Waals surface area contributed by atoms with Gasteiger partial charge in [-0.1, -0.05) is 11.6 Å². The van der Waals surface area contributed by atoms with E-state index in [1.165, 1.54) is 16.0 Å². The number of fused-ring (bicyclic) bond motifs is 2. The molecule has 0 unspecified atom stereocenters. The smallest absolute Gasteiger partial charge is 0.280 e. The molecule has 0 aliphatic carbocycles. The maximum atomic E-state index is 12.7. The summed E-state index contributed by atoms with van der Waals surface area (Å²) in [5.41, 5.74) is 2.25. The van der Waals surface area contributed by atoms with Gasteiger partial charge in [0.25, 0.3) is 11.8 Å². The highest BCUT2D eigenvalue weighted by Gasteiger charge is 2.36. The minimum atomic E-state index is -0.357. The van der Waals surface area contributed by atoms with E-state index in [-0.39, 0.29) is 23.2 Å². The summed E-state index contributed by atoms with van der Waals surface area (Å²) in [6, 6.07) is 3.45. The Morgan fingerprint density at radius 2 is 1.63 bits per heavy atom. The maximum Gasteiger partial charge on any atom is 0.280 e. The van der Waals surface area contributed by atoms with Gasteiger partial charge in [0.05, 0.1) is 16.1 Å². The normalized spacial score (nSPS) is 18.7. The van der Waals surface area contributed by atoms with Gasteiger partial charge in [-0.05, 0) is 31.5 Å². The fourth-order valence-corrected chi connectivity index (χ4v) is 3.28. The van der Waals surface area contributed by atoms with Crippen LogP contribution in [-0.4, -0.2) is 46.8 Å². The first kappa shape index (κ1) is 17.3. The highest BCUT2D eigenvalue weighted by molar-refractivity contribution is 6.56. The molecule has 9 heteroatoms.